The van der Waals surface area contributed by atoms with Gasteiger partial charge in [-0.3, -0.25) is 24.0 Å². The molecule has 0 saturated heterocycles. The lowest BCUT2D eigenvalue weighted by molar-refractivity contribution is -0.142. The number of ketones is 2. The van der Waals surface area contributed by atoms with E-state index in [2.05, 4.69) is 16.0 Å². The summed E-state index contributed by atoms with van der Waals surface area (Å²) in [5, 5.41) is 26.4. The zero-order chi connectivity index (χ0) is 44.9. The van der Waals surface area contributed by atoms with Crippen LogP contribution >= 0.6 is 0 Å². The van der Waals surface area contributed by atoms with Crippen molar-refractivity contribution in [2.75, 3.05) is 72.6 Å². The Morgan fingerprint density at radius 1 is 0.557 bits per heavy atom. The molecule has 0 aliphatic rings. The molecule has 1 aromatic rings. The summed E-state index contributed by atoms with van der Waals surface area (Å²) in [6.07, 6.45) is 11.0. The number of amides is 3. The van der Waals surface area contributed by atoms with Gasteiger partial charge in [0.2, 0.25) is 17.7 Å². The first kappa shape index (κ1) is 54.6. The number of carboxylic acids is 2. The van der Waals surface area contributed by atoms with Crippen LogP contribution in [0.3, 0.4) is 0 Å². The van der Waals surface area contributed by atoms with E-state index in [1.807, 2.05) is 6.92 Å². The van der Waals surface area contributed by atoms with Crippen LogP contribution in [0.25, 0.3) is 0 Å². The highest BCUT2D eigenvalue weighted by Gasteiger charge is 2.21. The normalized spacial score (nSPS) is 12.0. The number of rotatable bonds is 41. The number of aliphatic carboxylic acids is 1. The van der Waals surface area contributed by atoms with E-state index in [1.54, 1.807) is 19.1 Å². The monoisotopic (exact) mass is 865 g/mol. The molecule has 1 rings (SSSR count). The summed E-state index contributed by atoms with van der Waals surface area (Å²) in [7, 11) is 0. The van der Waals surface area contributed by atoms with Crippen molar-refractivity contribution in [3.05, 3.63) is 29.8 Å². The highest BCUT2D eigenvalue weighted by atomic mass is 16.5. The average molecular weight is 866 g/mol. The van der Waals surface area contributed by atoms with E-state index in [0.717, 1.165) is 64.2 Å². The van der Waals surface area contributed by atoms with Gasteiger partial charge in [0.1, 0.15) is 30.8 Å². The minimum Gasteiger partial charge on any atom is -0.494 e. The molecule has 0 radical (unpaired) electrons. The Labute approximate surface area is 360 Å². The Bertz CT molecular complexity index is 1410. The van der Waals surface area contributed by atoms with Crippen molar-refractivity contribution in [3.8, 4) is 5.75 Å². The Morgan fingerprint density at radius 3 is 1.82 bits per heavy atom. The van der Waals surface area contributed by atoms with Crippen LogP contribution in [-0.4, -0.2) is 130 Å². The van der Waals surface area contributed by atoms with Gasteiger partial charge in [-0.15, -0.1) is 0 Å². The third-order valence-electron chi connectivity index (χ3n) is 9.59. The molecule has 346 valence electrons. The predicted molar refractivity (Wildman–Crippen MR) is 226 cm³/mol. The molecule has 0 fully saturated rings. The fourth-order valence-corrected chi connectivity index (χ4v) is 5.77. The van der Waals surface area contributed by atoms with Crippen LogP contribution in [0.15, 0.2) is 24.3 Å². The third kappa shape index (κ3) is 32.0. The van der Waals surface area contributed by atoms with Gasteiger partial charge in [0, 0.05) is 44.9 Å². The molecule has 0 saturated carbocycles. The van der Waals surface area contributed by atoms with Gasteiger partial charge in [0.05, 0.1) is 45.2 Å². The van der Waals surface area contributed by atoms with Crippen LogP contribution in [0, 0.1) is 5.92 Å². The van der Waals surface area contributed by atoms with Crippen molar-refractivity contribution in [1.82, 2.24) is 16.0 Å². The summed E-state index contributed by atoms with van der Waals surface area (Å²) < 4.78 is 27.1. The van der Waals surface area contributed by atoms with Crippen LogP contribution in [0.1, 0.15) is 127 Å². The molecule has 0 aliphatic carbocycles. The molecule has 5 N–H and O–H groups in total. The summed E-state index contributed by atoms with van der Waals surface area (Å²) in [5.74, 6) is -2.26. The van der Waals surface area contributed by atoms with Crippen molar-refractivity contribution in [1.29, 1.82) is 0 Å². The summed E-state index contributed by atoms with van der Waals surface area (Å²) in [5.41, 5.74) is 0.224. The van der Waals surface area contributed by atoms with Crippen LogP contribution in [0.2, 0.25) is 0 Å². The van der Waals surface area contributed by atoms with Crippen molar-refractivity contribution in [2.45, 2.75) is 123 Å². The van der Waals surface area contributed by atoms with Gasteiger partial charge in [-0.1, -0.05) is 51.9 Å². The van der Waals surface area contributed by atoms with E-state index in [-0.39, 0.29) is 106 Å². The second-order valence-electron chi connectivity index (χ2n) is 14.9. The molecule has 17 heteroatoms. The predicted octanol–water partition coefficient (Wildman–Crippen LogP) is 4.67. The SMILES string of the molecule is CC(=O)[C@@H](C)CCCCNC(=O)COCCOCCCC(=O)COCCOCCNC(=O)CCC(NC(=O)CCCCCCCCCCOc1ccc(C(=O)O)cc1)C(=O)O. The number of ether oxygens (including phenoxy) is 5. The zero-order valence-corrected chi connectivity index (χ0v) is 36.3. The molecule has 2 atom stereocenters. The number of Topliss-reactive ketones (excluding diaryl/α,β-unsaturated/α-hetero) is 2. The number of unbranched alkanes of at least 4 members (excludes halogenated alkanes) is 8. The number of hydrogen-bond donors (Lipinski definition) is 5. The lowest BCUT2D eigenvalue weighted by Gasteiger charge is -2.14. The molecule has 0 heterocycles. The number of carbonyl (C=O) groups is 7. The van der Waals surface area contributed by atoms with Gasteiger partial charge in [0.15, 0.2) is 5.78 Å². The van der Waals surface area contributed by atoms with Crippen molar-refractivity contribution < 1.29 is 67.5 Å². The van der Waals surface area contributed by atoms with Crippen molar-refractivity contribution >= 4 is 41.2 Å². The van der Waals surface area contributed by atoms with Gasteiger partial charge in [0.25, 0.3) is 0 Å². The standard InChI is InChI=1S/C44H71N3O14/c1-34(35(2)48)14-10-11-23-45-42(52)33-60-31-28-57-25-13-15-37(49)32-59-30-29-58-27-24-46-40(50)22-21-39(44(55)56)47-41(51)16-9-7-5-3-4-6-8-12-26-61-38-19-17-36(18-20-38)43(53)54/h17-20,34,39H,3-16,21-33H2,1-2H3,(H,45,52)(H,46,50)(H,47,51)(H,53,54)(H,55,56)/t34-,39?/m0/s1. The lowest BCUT2D eigenvalue weighted by Crippen LogP contribution is -2.41. The fourth-order valence-electron chi connectivity index (χ4n) is 5.77. The highest BCUT2D eigenvalue weighted by molar-refractivity contribution is 5.87. The van der Waals surface area contributed by atoms with Gasteiger partial charge < -0.3 is 49.8 Å². The quantitative estimate of drug-likeness (QED) is 0.0563. The maximum Gasteiger partial charge on any atom is 0.335 e. The molecule has 1 unspecified atom stereocenters. The molecule has 0 aliphatic heterocycles. The smallest absolute Gasteiger partial charge is 0.335 e. The number of aromatic carboxylic acids is 1. The van der Waals surface area contributed by atoms with Crippen molar-refractivity contribution in [2.24, 2.45) is 5.92 Å². The number of carbonyl (C=O) groups excluding carboxylic acids is 5. The molecule has 0 bridgehead atoms. The number of nitrogens with one attached hydrogen (secondary N) is 3. The molecule has 0 aromatic heterocycles. The lowest BCUT2D eigenvalue weighted by atomic mass is 10.0. The average Bonchev–Trinajstić information content (AvgIpc) is 3.23. The Balaban J connectivity index is 1.92. The second-order valence-corrected chi connectivity index (χ2v) is 14.9. The van der Waals surface area contributed by atoms with E-state index in [1.165, 1.54) is 12.1 Å². The van der Waals surface area contributed by atoms with E-state index >= 15 is 0 Å². The maximum atomic E-state index is 12.3. The summed E-state index contributed by atoms with van der Waals surface area (Å²) in [4.78, 5) is 82.1. The second kappa shape index (κ2) is 36.2. The van der Waals surface area contributed by atoms with E-state index < -0.39 is 18.0 Å². The minimum atomic E-state index is -1.20. The number of carboxylic acid groups (broad SMARTS) is 2. The first-order valence-electron chi connectivity index (χ1n) is 21.7. The molecule has 61 heavy (non-hydrogen) atoms. The van der Waals surface area contributed by atoms with Crippen LogP contribution in [0.5, 0.6) is 5.75 Å². The van der Waals surface area contributed by atoms with Gasteiger partial charge in [-0.2, -0.15) is 0 Å². The number of benzene rings is 1. The molecule has 1 aromatic carbocycles. The summed E-state index contributed by atoms with van der Waals surface area (Å²) >= 11 is 0. The van der Waals surface area contributed by atoms with Gasteiger partial charge >= 0.3 is 11.9 Å². The Morgan fingerprint density at radius 2 is 1.16 bits per heavy atom. The maximum absolute atomic E-state index is 12.3. The minimum absolute atomic E-state index is 0.0372. The van der Waals surface area contributed by atoms with Crippen LogP contribution in [-0.2, 0) is 47.7 Å². The molecule has 17 nitrogen and oxygen atoms in total. The topological polar surface area (TPSA) is 242 Å². The van der Waals surface area contributed by atoms with E-state index in [4.69, 9.17) is 28.8 Å². The van der Waals surface area contributed by atoms with Crippen LogP contribution in [0.4, 0.5) is 0 Å². The zero-order valence-electron chi connectivity index (χ0n) is 36.3. The van der Waals surface area contributed by atoms with Crippen molar-refractivity contribution in [3.63, 3.8) is 0 Å². The molecular weight excluding hydrogens is 794 g/mol. The molecule has 3 amide bonds. The van der Waals surface area contributed by atoms with Crippen LogP contribution < -0.4 is 20.7 Å². The fraction of sp³-hybridized carbons (Fsp3) is 0.705. The third-order valence-corrected chi connectivity index (χ3v) is 9.59. The Kier molecular flexibility index (Phi) is 32.4. The summed E-state index contributed by atoms with van der Waals surface area (Å²) in [6.45, 7) is 6.30. The van der Waals surface area contributed by atoms with Gasteiger partial charge in [-0.25, -0.2) is 9.59 Å². The number of hydrogen-bond acceptors (Lipinski definition) is 12. The van der Waals surface area contributed by atoms with Gasteiger partial charge in [-0.05, 0) is 69.7 Å². The van der Waals surface area contributed by atoms with E-state index in [0.29, 0.717) is 51.4 Å². The first-order valence-corrected chi connectivity index (χ1v) is 21.7. The summed E-state index contributed by atoms with van der Waals surface area (Å²) in [6, 6.07) is 5.19. The van der Waals surface area contributed by atoms with E-state index in [9.17, 15) is 38.7 Å². The molecular formula is C44H71N3O14. The first-order chi connectivity index (χ1) is 29.4. The highest BCUT2D eigenvalue weighted by Crippen LogP contribution is 2.14. The molecule has 0 spiro atoms. The Hall–Kier alpha value is -4.45. The largest absolute Gasteiger partial charge is 0.494 e.